The molecule has 2 amide bonds. The number of carbonyl (C=O) groups is 2. The monoisotopic (exact) mass is 293 g/mol. The summed E-state index contributed by atoms with van der Waals surface area (Å²) < 4.78 is 4.88. The number of methoxy groups -OCH3 is 1. The normalized spacial score (nSPS) is 10.2. The highest BCUT2D eigenvalue weighted by Gasteiger charge is 2.12. The fraction of sp³-hybridized carbons (Fsp3) is 0.467. The lowest BCUT2D eigenvalue weighted by molar-refractivity contribution is -0.116. The van der Waals surface area contributed by atoms with Gasteiger partial charge in [-0.2, -0.15) is 0 Å². The van der Waals surface area contributed by atoms with E-state index in [0.717, 1.165) is 12.8 Å². The molecule has 0 bridgehead atoms. The van der Waals surface area contributed by atoms with Crippen LogP contribution >= 0.6 is 0 Å². The number of para-hydroxylation sites is 1. The van der Waals surface area contributed by atoms with Crippen molar-refractivity contribution in [2.75, 3.05) is 32.1 Å². The standard InChI is InChI=1S/C15H23N3O3/c1-21-11-10-17-15(20)12-6-2-3-7-13(12)18-14(19)8-4-5-9-16/h2-3,6-7H,4-5,8-11,16H2,1H3,(H,17,20)(H,18,19). The molecule has 4 N–H and O–H groups in total. The fourth-order valence-electron chi connectivity index (χ4n) is 1.79. The summed E-state index contributed by atoms with van der Waals surface area (Å²) in [5.41, 5.74) is 6.36. The first-order chi connectivity index (χ1) is 10.2. The van der Waals surface area contributed by atoms with Gasteiger partial charge in [0.05, 0.1) is 17.9 Å². The summed E-state index contributed by atoms with van der Waals surface area (Å²) in [6.07, 6.45) is 1.95. The molecule has 0 fully saturated rings. The maximum Gasteiger partial charge on any atom is 0.253 e. The van der Waals surface area contributed by atoms with E-state index in [1.54, 1.807) is 31.4 Å². The molecule has 0 unspecified atom stereocenters. The molecule has 0 spiro atoms. The minimum Gasteiger partial charge on any atom is -0.383 e. The van der Waals surface area contributed by atoms with Crippen LogP contribution in [0.2, 0.25) is 0 Å². The highest BCUT2D eigenvalue weighted by Crippen LogP contribution is 2.15. The van der Waals surface area contributed by atoms with Crippen molar-refractivity contribution in [2.45, 2.75) is 19.3 Å². The Bertz CT molecular complexity index is 463. The third kappa shape index (κ3) is 6.37. The number of hydrogen-bond donors (Lipinski definition) is 3. The summed E-state index contributed by atoms with van der Waals surface area (Å²) >= 11 is 0. The maximum atomic E-state index is 12.0. The smallest absolute Gasteiger partial charge is 0.253 e. The Labute approximate surface area is 125 Å². The van der Waals surface area contributed by atoms with E-state index in [1.807, 2.05) is 0 Å². The van der Waals surface area contributed by atoms with Gasteiger partial charge in [-0.25, -0.2) is 0 Å². The first kappa shape index (κ1) is 17.1. The van der Waals surface area contributed by atoms with Crippen LogP contribution in [-0.4, -0.2) is 38.6 Å². The van der Waals surface area contributed by atoms with Crippen molar-refractivity contribution in [3.05, 3.63) is 29.8 Å². The van der Waals surface area contributed by atoms with Crippen molar-refractivity contribution in [1.82, 2.24) is 5.32 Å². The summed E-state index contributed by atoms with van der Waals surface area (Å²) in [4.78, 5) is 23.9. The van der Waals surface area contributed by atoms with Crippen LogP contribution in [-0.2, 0) is 9.53 Å². The van der Waals surface area contributed by atoms with Gasteiger partial charge in [0.2, 0.25) is 5.91 Å². The fourth-order valence-corrected chi connectivity index (χ4v) is 1.79. The summed E-state index contributed by atoms with van der Waals surface area (Å²) in [5.74, 6) is -0.342. The largest absolute Gasteiger partial charge is 0.383 e. The minimum absolute atomic E-state index is 0.111. The van der Waals surface area contributed by atoms with Gasteiger partial charge in [-0.1, -0.05) is 12.1 Å². The number of nitrogens with two attached hydrogens (primary N) is 1. The molecule has 0 atom stereocenters. The number of amides is 2. The third-order valence-corrected chi connectivity index (χ3v) is 2.90. The number of carbonyl (C=O) groups excluding carboxylic acids is 2. The number of rotatable bonds is 9. The van der Waals surface area contributed by atoms with E-state index in [2.05, 4.69) is 10.6 Å². The Balaban J connectivity index is 2.61. The zero-order chi connectivity index (χ0) is 15.5. The first-order valence-corrected chi connectivity index (χ1v) is 7.05. The van der Waals surface area contributed by atoms with Gasteiger partial charge in [-0.15, -0.1) is 0 Å². The Kier molecular flexibility index (Phi) is 8.08. The molecule has 0 radical (unpaired) electrons. The molecule has 0 saturated carbocycles. The lowest BCUT2D eigenvalue weighted by Gasteiger charge is -2.11. The molecule has 0 aliphatic rings. The van der Waals surface area contributed by atoms with Gasteiger partial charge in [0, 0.05) is 20.1 Å². The van der Waals surface area contributed by atoms with Crippen LogP contribution in [0.5, 0.6) is 0 Å². The van der Waals surface area contributed by atoms with E-state index in [0.29, 0.717) is 37.4 Å². The SMILES string of the molecule is COCCNC(=O)c1ccccc1NC(=O)CCCCN. The molecule has 0 aliphatic heterocycles. The number of benzene rings is 1. The summed E-state index contributed by atoms with van der Waals surface area (Å²) in [6, 6.07) is 6.93. The van der Waals surface area contributed by atoms with Crippen molar-refractivity contribution in [1.29, 1.82) is 0 Å². The van der Waals surface area contributed by atoms with Crippen LogP contribution in [0, 0.1) is 0 Å². The Hall–Kier alpha value is -1.92. The molecule has 21 heavy (non-hydrogen) atoms. The summed E-state index contributed by atoms with van der Waals surface area (Å²) in [6.45, 7) is 1.44. The molecule has 1 aromatic carbocycles. The Morgan fingerprint density at radius 3 is 2.71 bits per heavy atom. The van der Waals surface area contributed by atoms with E-state index in [1.165, 1.54) is 0 Å². The molecule has 6 nitrogen and oxygen atoms in total. The topological polar surface area (TPSA) is 93.5 Å². The highest BCUT2D eigenvalue weighted by molar-refractivity contribution is 6.03. The van der Waals surface area contributed by atoms with Crippen LogP contribution in [0.15, 0.2) is 24.3 Å². The van der Waals surface area contributed by atoms with E-state index in [-0.39, 0.29) is 11.8 Å². The van der Waals surface area contributed by atoms with Gasteiger partial charge in [0.25, 0.3) is 5.91 Å². The minimum atomic E-state index is -0.232. The zero-order valence-electron chi connectivity index (χ0n) is 12.4. The molecule has 0 aliphatic carbocycles. The predicted molar refractivity (Wildman–Crippen MR) is 82.2 cm³/mol. The second-order valence-corrected chi connectivity index (χ2v) is 4.59. The molecule has 0 saturated heterocycles. The van der Waals surface area contributed by atoms with Crippen molar-refractivity contribution >= 4 is 17.5 Å². The third-order valence-electron chi connectivity index (χ3n) is 2.90. The average molecular weight is 293 g/mol. The van der Waals surface area contributed by atoms with Crippen molar-refractivity contribution in [3.63, 3.8) is 0 Å². The van der Waals surface area contributed by atoms with Gasteiger partial charge in [0.15, 0.2) is 0 Å². The van der Waals surface area contributed by atoms with E-state index in [9.17, 15) is 9.59 Å². The molecule has 1 aromatic rings. The second kappa shape index (κ2) is 9.90. The predicted octanol–water partition coefficient (Wildman–Crippen LogP) is 1.13. The Morgan fingerprint density at radius 2 is 2.00 bits per heavy atom. The molecule has 0 heterocycles. The number of unbranched alkanes of at least 4 members (excludes halogenated alkanes) is 1. The number of ether oxygens (including phenoxy) is 1. The first-order valence-electron chi connectivity index (χ1n) is 7.05. The quantitative estimate of drug-likeness (QED) is 0.595. The molecular weight excluding hydrogens is 270 g/mol. The summed E-state index contributed by atoms with van der Waals surface area (Å²) in [5, 5.41) is 5.50. The number of nitrogens with one attached hydrogen (secondary N) is 2. The van der Waals surface area contributed by atoms with Gasteiger partial charge < -0.3 is 21.1 Å². The molecule has 1 rings (SSSR count). The van der Waals surface area contributed by atoms with E-state index < -0.39 is 0 Å². The van der Waals surface area contributed by atoms with Gasteiger partial charge in [-0.05, 0) is 31.5 Å². The average Bonchev–Trinajstić information content (AvgIpc) is 2.48. The van der Waals surface area contributed by atoms with Crippen LogP contribution in [0.25, 0.3) is 0 Å². The van der Waals surface area contributed by atoms with Crippen molar-refractivity contribution in [3.8, 4) is 0 Å². The molecule has 0 aromatic heterocycles. The van der Waals surface area contributed by atoms with Gasteiger partial charge in [0.1, 0.15) is 0 Å². The van der Waals surface area contributed by atoms with Crippen molar-refractivity contribution in [2.24, 2.45) is 5.73 Å². The van der Waals surface area contributed by atoms with Crippen LogP contribution in [0.4, 0.5) is 5.69 Å². The maximum absolute atomic E-state index is 12.0. The van der Waals surface area contributed by atoms with Gasteiger partial charge >= 0.3 is 0 Å². The number of anilines is 1. The molecule has 116 valence electrons. The van der Waals surface area contributed by atoms with Crippen LogP contribution in [0.1, 0.15) is 29.6 Å². The zero-order valence-corrected chi connectivity index (χ0v) is 12.4. The van der Waals surface area contributed by atoms with Gasteiger partial charge in [-0.3, -0.25) is 9.59 Å². The summed E-state index contributed by atoms with van der Waals surface area (Å²) in [7, 11) is 1.57. The van der Waals surface area contributed by atoms with Crippen LogP contribution < -0.4 is 16.4 Å². The molecule has 6 heteroatoms. The lowest BCUT2D eigenvalue weighted by Crippen LogP contribution is -2.28. The van der Waals surface area contributed by atoms with E-state index in [4.69, 9.17) is 10.5 Å². The highest BCUT2D eigenvalue weighted by atomic mass is 16.5. The Morgan fingerprint density at radius 1 is 1.24 bits per heavy atom. The van der Waals surface area contributed by atoms with Crippen molar-refractivity contribution < 1.29 is 14.3 Å². The second-order valence-electron chi connectivity index (χ2n) is 4.59. The van der Waals surface area contributed by atoms with E-state index >= 15 is 0 Å². The molecular formula is C15H23N3O3. The number of hydrogen-bond acceptors (Lipinski definition) is 4. The van der Waals surface area contributed by atoms with Crippen LogP contribution in [0.3, 0.4) is 0 Å². The lowest BCUT2D eigenvalue weighted by atomic mass is 10.1.